The molecule has 0 aliphatic heterocycles. The molecule has 0 fully saturated rings. The van der Waals surface area contributed by atoms with Gasteiger partial charge in [0.2, 0.25) is 11.1 Å². The number of benzene rings is 1. The molecule has 1 aromatic carbocycles. The van der Waals surface area contributed by atoms with Gasteiger partial charge in [0.15, 0.2) is 5.82 Å². The van der Waals surface area contributed by atoms with Crippen LogP contribution in [0, 0.1) is 5.82 Å². The third-order valence-corrected chi connectivity index (χ3v) is 4.99. The summed E-state index contributed by atoms with van der Waals surface area (Å²) in [5.74, 6) is 0.567. The van der Waals surface area contributed by atoms with Gasteiger partial charge in [-0.3, -0.25) is 9.89 Å². The molecule has 3 aromatic rings. The molecule has 124 valence electrons. The summed E-state index contributed by atoms with van der Waals surface area (Å²) in [6.45, 7) is 0.367. The van der Waals surface area contributed by atoms with Crippen molar-refractivity contribution in [1.82, 2.24) is 20.1 Å². The average molecular weight is 362 g/mol. The maximum Gasteiger partial charge on any atom is 0.233 e. The summed E-state index contributed by atoms with van der Waals surface area (Å²) in [6, 6.07) is 10.1. The molecule has 5 nitrogen and oxygen atoms in total. The van der Waals surface area contributed by atoms with Gasteiger partial charge in [-0.2, -0.15) is 0 Å². The van der Waals surface area contributed by atoms with Crippen LogP contribution in [0.1, 0.15) is 5.56 Å². The second kappa shape index (κ2) is 7.59. The van der Waals surface area contributed by atoms with Crippen LogP contribution in [-0.4, -0.2) is 38.8 Å². The summed E-state index contributed by atoms with van der Waals surface area (Å²) in [6.07, 6.45) is 0. The number of H-pyrrole nitrogens is 1. The molecule has 1 amide bonds. The molecule has 8 heteroatoms. The van der Waals surface area contributed by atoms with Gasteiger partial charge in [-0.1, -0.05) is 30.0 Å². The molecule has 0 aliphatic rings. The van der Waals surface area contributed by atoms with Crippen molar-refractivity contribution in [3.8, 4) is 10.7 Å². The van der Waals surface area contributed by atoms with Crippen LogP contribution in [0.25, 0.3) is 10.7 Å². The molecule has 0 spiro atoms. The lowest BCUT2D eigenvalue weighted by molar-refractivity contribution is -0.127. The average Bonchev–Trinajstić information content (AvgIpc) is 3.23. The third-order valence-electron chi connectivity index (χ3n) is 3.28. The molecule has 0 unspecified atom stereocenters. The first-order chi connectivity index (χ1) is 11.6. The highest BCUT2D eigenvalue weighted by molar-refractivity contribution is 7.99. The van der Waals surface area contributed by atoms with Crippen LogP contribution in [0.3, 0.4) is 0 Å². The van der Waals surface area contributed by atoms with E-state index in [4.69, 9.17) is 0 Å². The Labute approximate surface area is 146 Å². The van der Waals surface area contributed by atoms with Crippen LogP contribution < -0.4 is 0 Å². The summed E-state index contributed by atoms with van der Waals surface area (Å²) < 4.78 is 13.2. The molecule has 0 aliphatic carbocycles. The maximum absolute atomic E-state index is 13.2. The van der Waals surface area contributed by atoms with E-state index in [1.165, 1.54) is 23.9 Å². The largest absolute Gasteiger partial charge is 0.341 e. The van der Waals surface area contributed by atoms with E-state index in [0.717, 1.165) is 10.4 Å². The second-order valence-electron chi connectivity index (χ2n) is 5.11. The first-order valence-corrected chi connectivity index (χ1v) is 9.06. The Morgan fingerprint density at radius 2 is 2.25 bits per heavy atom. The predicted octanol–water partition coefficient (Wildman–Crippen LogP) is 3.42. The van der Waals surface area contributed by atoms with Crippen molar-refractivity contribution >= 4 is 29.0 Å². The summed E-state index contributed by atoms with van der Waals surface area (Å²) in [5.41, 5.74) is 0.758. The summed E-state index contributed by atoms with van der Waals surface area (Å²) in [5, 5.41) is 9.48. The minimum absolute atomic E-state index is 0.0632. The van der Waals surface area contributed by atoms with E-state index >= 15 is 0 Å². The van der Waals surface area contributed by atoms with E-state index in [9.17, 15) is 9.18 Å². The second-order valence-corrected chi connectivity index (χ2v) is 7.00. The lowest BCUT2D eigenvalue weighted by atomic mass is 10.2. The number of hydrogen-bond donors (Lipinski definition) is 1. The van der Waals surface area contributed by atoms with Gasteiger partial charge in [0.05, 0.1) is 10.6 Å². The Bertz CT molecular complexity index is 819. The number of carbonyl (C=O) groups is 1. The fourth-order valence-electron chi connectivity index (χ4n) is 2.07. The smallest absolute Gasteiger partial charge is 0.233 e. The van der Waals surface area contributed by atoms with Crippen molar-refractivity contribution in [2.24, 2.45) is 0 Å². The van der Waals surface area contributed by atoms with Crippen molar-refractivity contribution in [2.75, 3.05) is 12.8 Å². The van der Waals surface area contributed by atoms with Crippen LogP contribution in [0.2, 0.25) is 0 Å². The molecule has 2 heterocycles. The number of halogens is 1. The van der Waals surface area contributed by atoms with E-state index in [2.05, 4.69) is 15.2 Å². The van der Waals surface area contributed by atoms with Crippen LogP contribution >= 0.6 is 23.1 Å². The highest BCUT2D eigenvalue weighted by Crippen LogP contribution is 2.23. The van der Waals surface area contributed by atoms with Crippen LogP contribution in [0.4, 0.5) is 4.39 Å². The molecule has 0 saturated heterocycles. The number of aromatic nitrogens is 3. The van der Waals surface area contributed by atoms with Gasteiger partial charge in [0.25, 0.3) is 0 Å². The predicted molar refractivity (Wildman–Crippen MR) is 93.3 cm³/mol. The zero-order valence-corrected chi connectivity index (χ0v) is 14.5. The molecule has 2 aromatic heterocycles. The summed E-state index contributed by atoms with van der Waals surface area (Å²) in [4.78, 5) is 19.1. The number of carbonyl (C=O) groups excluding carboxylic acids is 1. The fraction of sp³-hybridized carbons (Fsp3) is 0.188. The van der Waals surface area contributed by atoms with Crippen LogP contribution in [-0.2, 0) is 11.3 Å². The van der Waals surface area contributed by atoms with E-state index < -0.39 is 0 Å². The normalized spacial score (nSPS) is 10.8. The Kier molecular flexibility index (Phi) is 5.27. The fourth-order valence-corrected chi connectivity index (χ4v) is 3.47. The van der Waals surface area contributed by atoms with Gasteiger partial charge in [0.1, 0.15) is 5.82 Å². The van der Waals surface area contributed by atoms with Crippen molar-refractivity contribution in [1.29, 1.82) is 0 Å². The number of rotatable bonds is 6. The molecule has 24 heavy (non-hydrogen) atoms. The molecular weight excluding hydrogens is 347 g/mol. The maximum atomic E-state index is 13.2. The lowest BCUT2D eigenvalue weighted by Crippen LogP contribution is -2.27. The highest BCUT2D eigenvalue weighted by atomic mass is 32.2. The Morgan fingerprint density at radius 1 is 1.38 bits per heavy atom. The van der Waals surface area contributed by atoms with E-state index in [1.807, 2.05) is 17.5 Å². The minimum atomic E-state index is -0.301. The SMILES string of the molecule is CN(Cc1cccc(F)c1)C(=O)CSc1n[nH]c(-c2cccs2)n1. The zero-order chi connectivity index (χ0) is 16.9. The third kappa shape index (κ3) is 4.21. The van der Waals surface area contributed by atoms with Gasteiger partial charge in [-0.15, -0.1) is 16.4 Å². The van der Waals surface area contributed by atoms with E-state index in [0.29, 0.717) is 17.5 Å². The number of amides is 1. The summed E-state index contributed by atoms with van der Waals surface area (Å²) >= 11 is 2.85. The topological polar surface area (TPSA) is 61.9 Å². The summed E-state index contributed by atoms with van der Waals surface area (Å²) in [7, 11) is 1.70. The van der Waals surface area contributed by atoms with Gasteiger partial charge >= 0.3 is 0 Å². The van der Waals surface area contributed by atoms with Gasteiger partial charge in [0, 0.05) is 13.6 Å². The highest BCUT2D eigenvalue weighted by Gasteiger charge is 2.13. The molecule has 3 rings (SSSR count). The van der Waals surface area contributed by atoms with Gasteiger partial charge in [-0.25, -0.2) is 9.37 Å². The Hall–Kier alpha value is -2.19. The first-order valence-electron chi connectivity index (χ1n) is 7.19. The van der Waals surface area contributed by atoms with E-state index in [-0.39, 0.29) is 17.5 Å². The Balaban J connectivity index is 1.53. The molecule has 0 bridgehead atoms. The number of hydrogen-bond acceptors (Lipinski definition) is 5. The molecule has 0 saturated carbocycles. The van der Waals surface area contributed by atoms with Crippen LogP contribution in [0.5, 0.6) is 0 Å². The standard InChI is InChI=1S/C16H15FN4OS2/c1-21(9-11-4-2-5-12(17)8-11)14(22)10-24-16-18-15(19-20-16)13-6-3-7-23-13/h2-8H,9-10H2,1H3,(H,18,19,20). The molecule has 0 radical (unpaired) electrons. The van der Waals surface area contributed by atoms with Crippen molar-refractivity contribution in [3.05, 3.63) is 53.2 Å². The number of thiophene rings is 1. The molecule has 1 N–H and O–H groups in total. The number of aromatic amines is 1. The monoisotopic (exact) mass is 362 g/mol. The molecular formula is C16H15FN4OS2. The van der Waals surface area contributed by atoms with Crippen LogP contribution in [0.15, 0.2) is 46.9 Å². The zero-order valence-electron chi connectivity index (χ0n) is 12.9. The van der Waals surface area contributed by atoms with Crippen molar-refractivity contribution in [2.45, 2.75) is 11.7 Å². The Morgan fingerprint density at radius 3 is 3.00 bits per heavy atom. The quantitative estimate of drug-likeness (QED) is 0.683. The van der Waals surface area contributed by atoms with Gasteiger partial charge in [-0.05, 0) is 29.1 Å². The van der Waals surface area contributed by atoms with Crippen molar-refractivity contribution < 1.29 is 9.18 Å². The minimum Gasteiger partial charge on any atom is -0.341 e. The number of thioether (sulfide) groups is 1. The lowest BCUT2D eigenvalue weighted by Gasteiger charge is -2.16. The van der Waals surface area contributed by atoms with Gasteiger partial charge < -0.3 is 4.90 Å². The number of nitrogens with one attached hydrogen (secondary N) is 1. The molecule has 0 atom stereocenters. The van der Waals surface area contributed by atoms with Crippen molar-refractivity contribution in [3.63, 3.8) is 0 Å². The van der Waals surface area contributed by atoms with E-state index in [1.54, 1.807) is 35.4 Å². The number of nitrogens with zero attached hydrogens (tertiary/aromatic N) is 3. The first kappa shape index (κ1) is 16.7.